The standard InChI is InChI=1S/C48H56N5O10P/c1-32(2)53(47(4,5)28-15-29-49)64(56,57)63-41-40(62-45(42(41)60-8)52-30-33(3)43(51-46(52)55)50-44(54)34-16-11-9-12-17-34)31-61-48(35-18-13-10-14-19-35,36-20-24-38(58-6)25-21-36)37-22-26-39(59-7)27-23-37/h9-14,16-27,30,32,40-42,45H,15,28,31H2,1-8H3,(H,56,57)(H,50,51,54,55)/t40-,41-,42-,45-/m1/s1. The highest BCUT2D eigenvalue weighted by atomic mass is 31.2. The predicted molar refractivity (Wildman–Crippen MR) is 241 cm³/mol. The van der Waals surface area contributed by atoms with Crippen molar-refractivity contribution in [2.75, 3.05) is 33.3 Å². The summed E-state index contributed by atoms with van der Waals surface area (Å²) < 4.78 is 54.8. The van der Waals surface area contributed by atoms with Crippen LogP contribution in [-0.4, -0.2) is 82.9 Å². The first kappa shape index (κ1) is 47.8. The molecule has 0 radical (unpaired) electrons. The molecule has 1 aromatic heterocycles. The number of nitrogens with one attached hydrogen (secondary N) is 1. The summed E-state index contributed by atoms with van der Waals surface area (Å²) in [5.41, 5.74) is -0.0688. The van der Waals surface area contributed by atoms with Gasteiger partial charge in [-0.3, -0.25) is 13.9 Å². The van der Waals surface area contributed by atoms with Gasteiger partial charge in [-0.2, -0.15) is 10.2 Å². The minimum Gasteiger partial charge on any atom is -0.497 e. The number of rotatable bonds is 19. The van der Waals surface area contributed by atoms with Crippen molar-refractivity contribution in [2.24, 2.45) is 0 Å². The summed E-state index contributed by atoms with van der Waals surface area (Å²) in [6.45, 7) is 8.52. The summed E-state index contributed by atoms with van der Waals surface area (Å²) in [6, 6.07) is 34.7. The number of carbonyl (C=O) groups is 1. The number of aromatic nitrogens is 2. The van der Waals surface area contributed by atoms with Crippen LogP contribution < -0.4 is 20.5 Å². The van der Waals surface area contributed by atoms with Crippen LogP contribution in [0, 0.1) is 18.3 Å². The lowest BCUT2D eigenvalue weighted by molar-refractivity contribution is -0.0963. The molecule has 4 aromatic carbocycles. The monoisotopic (exact) mass is 893 g/mol. The minimum atomic E-state index is -4.78. The fourth-order valence-corrected chi connectivity index (χ4v) is 10.4. The molecule has 1 fully saturated rings. The van der Waals surface area contributed by atoms with Gasteiger partial charge in [-0.15, -0.1) is 0 Å². The average Bonchev–Trinajstić information content (AvgIpc) is 3.63. The number of nitriles is 1. The van der Waals surface area contributed by atoms with Crippen molar-refractivity contribution in [1.29, 1.82) is 5.26 Å². The van der Waals surface area contributed by atoms with Gasteiger partial charge in [-0.05, 0) is 94.1 Å². The molecule has 1 saturated heterocycles. The number of aryl methyl sites for hydroxylation is 1. The lowest BCUT2D eigenvalue weighted by Gasteiger charge is -2.43. The van der Waals surface area contributed by atoms with Gasteiger partial charge in [0, 0.05) is 42.4 Å². The maximum atomic E-state index is 14.8. The van der Waals surface area contributed by atoms with Crippen molar-refractivity contribution in [2.45, 2.75) is 89.2 Å². The molecule has 15 nitrogen and oxygen atoms in total. The van der Waals surface area contributed by atoms with Crippen LogP contribution in [0.15, 0.2) is 120 Å². The van der Waals surface area contributed by atoms with E-state index in [1.165, 1.54) is 22.5 Å². The Morgan fingerprint density at radius 1 is 0.906 bits per heavy atom. The van der Waals surface area contributed by atoms with Gasteiger partial charge >= 0.3 is 13.4 Å². The molecule has 5 aromatic rings. The van der Waals surface area contributed by atoms with Crippen LogP contribution in [0.5, 0.6) is 11.5 Å². The Kier molecular flexibility index (Phi) is 15.3. The van der Waals surface area contributed by atoms with E-state index in [-0.39, 0.29) is 25.3 Å². The van der Waals surface area contributed by atoms with Crippen molar-refractivity contribution < 1.29 is 42.5 Å². The highest BCUT2D eigenvalue weighted by Gasteiger charge is 2.54. The Balaban J connectivity index is 1.47. The average molecular weight is 894 g/mol. The molecule has 1 amide bonds. The molecule has 1 unspecified atom stereocenters. The molecule has 0 aliphatic carbocycles. The molecule has 1 aliphatic rings. The SMILES string of the molecule is COc1ccc(C(OC[C@H]2O[C@@H](n3cc(C)c(NC(=O)c4ccccc4)nc3=O)[C@H](OC)[C@@H]2OP(=O)(O)N(C(C)C)C(C)(C)CCC#N)(c2ccccc2)c2ccc(OC)cc2)cc1. The summed E-state index contributed by atoms with van der Waals surface area (Å²) in [6.07, 6.45) is -3.02. The Labute approximate surface area is 374 Å². The second-order valence-corrected chi connectivity index (χ2v) is 18.0. The highest BCUT2D eigenvalue weighted by molar-refractivity contribution is 7.50. The van der Waals surface area contributed by atoms with Gasteiger partial charge < -0.3 is 33.9 Å². The largest absolute Gasteiger partial charge is 0.497 e. The maximum absolute atomic E-state index is 14.8. The first-order valence-corrected chi connectivity index (χ1v) is 22.4. The number of anilines is 1. The smallest absolute Gasteiger partial charge is 0.406 e. The van der Waals surface area contributed by atoms with Gasteiger partial charge in [-0.1, -0.05) is 72.8 Å². The fraction of sp³-hybridized carbons (Fsp3) is 0.375. The number of hydrogen-bond donors (Lipinski definition) is 2. The molecule has 64 heavy (non-hydrogen) atoms. The first-order chi connectivity index (χ1) is 30.6. The van der Waals surface area contributed by atoms with E-state index < -0.39 is 61.1 Å². The van der Waals surface area contributed by atoms with Gasteiger partial charge in [0.05, 0.1) is 26.9 Å². The molecule has 0 spiro atoms. The molecule has 5 atom stereocenters. The molecule has 6 rings (SSSR count). The van der Waals surface area contributed by atoms with E-state index >= 15 is 0 Å². The quantitative estimate of drug-likeness (QED) is 0.0601. The van der Waals surface area contributed by atoms with Crippen LogP contribution in [-0.2, 0) is 28.9 Å². The van der Waals surface area contributed by atoms with Gasteiger partial charge in [0.25, 0.3) is 5.91 Å². The van der Waals surface area contributed by atoms with Gasteiger partial charge in [0.2, 0.25) is 0 Å². The molecule has 2 heterocycles. The number of nitrogens with zero attached hydrogens (tertiary/aromatic N) is 4. The van der Waals surface area contributed by atoms with Crippen molar-refractivity contribution in [3.63, 3.8) is 0 Å². The zero-order valence-corrected chi connectivity index (χ0v) is 38.2. The van der Waals surface area contributed by atoms with Crippen molar-refractivity contribution in [1.82, 2.24) is 14.2 Å². The number of amides is 1. The van der Waals surface area contributed by atoms with E-state index in [0.29, 0.717) is 22.6 Å². The number of ether oxygens (including phenoxy) is 5. The third-order valence-electron chi connectivity index (χ3n) is 11.4. The summed E-state index contributed by atoms with van der Waals surface area (Å²) in [5.74, 6) is 0.857. The fourth-order valence-electron chi connectivity index (χ4n) is 8.39. The lowest BCUT2D eigenvalue weighted by atomic mass is 9.80. The van der Waals surface area contributed by atoms with E-state index in [9.17, 15) is 24.3 Å². The van der Waals surface area contributed by atoms with Crippen LogP contribution in [0.3, 0.4) is 0 Å². The Bertz CT molecular complexity index is 2450. The van der Waals surface area contributed by atoms with Crippen molar-refractivity contribution in [3.8, 4) is 17.6 Å². The molecular weight excluding hydrogens is 838 g/mol. The second-order valence-electron chi connectivity index (χ2n) is 16.3. The molecule has 0 saturated carbocycles. The Morgan fingerprint density at radius 2 is 1.45 bits per heavy atom. The number of carbonyl (C=O) groups excluding carboxylic acids is 1. The van der Waals surface area contributed by atoms with Gasteiger partial charge in [-0.25, -0.2) is 14.0 Å². The topological polar surface area (TPSA) is 184 Å². The number of hydrogen-bond acceptors (Lipinski definition) is 11. The van der Waals surface area contributed by atoms with Crippen LogP contribution >= 0.6 is 7.75 Å². The molecule has 16 heteroatoms. The molecule has 1 aliphatic heterocycles. The number of methoxy groups -OCH3 is 3. The maximum Gasteiger partial charge on any atom is 0.406 e. The van der Waals surface area contributed by atoms with Gasteiger partial charge in [0.1, 0.15) is 41.2 Å². The zero-order valence-electron chi connectivity index (χ0n) is 37.3. The van der Waals surface area contributed by atoms with Crippen LogP contribution in [0.2, 0.25) is 0 Å². The summed E-state index contributed by atoms with van der Waals surface area (Å²) in [4.78, 5) is 43.4. The number of benzene rings is 4. The summed E-state index contributed by atoms with van der Waals surface area (Å²) >= 11 is 0. The Morgan fingerprint density at radius 3 is 1.97 bits per heavy atom. The van der Waals surface area contributed by atoms with E-state index in [1.807, 2.05) is 78.9 Å². The Hall–Kier alpha value is -5.69. The van der Waals surface area contributed by atoms with Crippen molar-refractivity contribution in [3.05, 3.63) is 154 Å². The predicted octanol–water partition coefficient (Wildman–Crippen LogP) is 8.02. The third kappa shape index (κ3) is 10.1. The summed E-state index contributed by atoms with van der Waals surface area (Å²) in [5, 5.41) is 12.2. The normalized spacial score (nSPS) is 18.7. The van der Waals surface area contributed by atoms with E-state index in [0.717, 1.165) is 16.7 Å². The van der Waals surface area contributed by atoms with Crippen molar-refractivity contribution >= 4 is 19.5 Å². The molecule has 0 bridgehead atoms. The highest BCUT2D eigenvalue weighted by Crippen LogP contribution is 2.56. The third-order valence-corrected chi connectivity index (χ3v) is 13.4. The molecule has 338 valence electrons. The second kappa shape index (κ2) is 20.4. The molecule has 2 N–H and O–H groups in total. The van der Waals surface area contributed by atoms with E-state index in [2.05, 4.69) is 16.4 Å². The van der Waals surface area contributed by atoms with E-state index in [1.54, 1.807) is 79.2 Å². The van der Waals surface area contributed by atoms with Crippen LogP contribution in [0.25, 0.3) is 0 Å². The van der Waals surface area contributed by atoms with Crippen LogP contribution in [0.1, 0.15) is 79.4 Å². The first-order valence-electron chi connectivity index (χ1n) is 20.9. The van der Waals surface area contributed by atoms with Crippen LogP contribution in [0.4, 0.5) is 5.82 Å². The van der Waals surface area contributed by atoms with E-state index in [4.69, 9.17) is 28.2 Å². The lowest BCUT2D eigenvalue weighted by Crippen LogP contribution is -2.48. The van der Waals surface area contributed by atoms with Gasteiger partial charge in [0.15, 0.2) is 6.23 Å². The summed E-state index contributed by atoms with van der Waals surface area (Å²) in [7, 11) is -0.216. The minimum absolute atomic E-state index is 0.0495. The molecular formula is C48H56N5O10P. The zero-order chi connectivity index (χ0) is 46.2.